The summed E-state index contributed by atoms with van der Waals surface area (Å²) in [5.74, 6) is 1.54. The molecule has 1 aliphatic carbocycles. The van der Waals surface area contributed by atoms with Crippen molar-refractivity contribution < 1.29 is 13.2 Å². The van der Waals surface area contributed by atoms with Gasteiger partial charge in [-0.15, -0.1) is 0 Å². The van der Waals surface area contributed by atoms with E-state index < -0.39 is 9.84 Å². The number of hydrogen-bond acceptors (Lipinski definition) is 4. The summed E-state index contributed by atoms with van der Waals surface area (Å²) in [5, 5.41) is 3.58. The Hall–Kier alpha value is -1.07. The minimum absolute atomic E-state index is 0.108. The number of ether oxygens (including phenoxy) is 1. The molecule has 5 heteroatoms. The fourth-order valence-electron chi connectivity index (χ4n) is 4.10. The van der Waals surface area contributed by atoms with Gasteiger partial charge in [-0.2, -0.15) is 0 Å². The van der Waals surface area contributed by atoms with Crippen LogP contribution in [0.1, 0.15) is 44.1 Å². The lowest BCUT2D eigenvalue weighted by Crippen LogP contribution is -2.46. The second kappa shape index (κ2) is 6.81. The molecule has 0 unspecified atom stereocenters. The number of sulfone groups is 1. The van der Waals surface area contributed by atoms with Gasteiger partial charge in [0.25, 0.3) is 0 Å². The highest BCUT2D eigenvalue weighted by Crippen LogP contribution is 2.41. The molecule has 128 valence electrons. The zero-order valence-electron chi connectivity index (χ0n) is 13.9. The van der Waals surface area contributed by atoms with Crippen LogP contribution in [0.4, 0.5) is 0 Å². The summed E-state index contributed by atoms with van der Waals surface area (Å²) in [6.07, 6.45) is 6.54. The van der Waals surface area contributed by atoms with Crippen LogP contribution >= 0.6 is 0 Å². The maximum Gasteiger partial charge on any atom is 0.151 e. The zero-order chi connectivity index (χ0) is 16.3. The third-order valence-electron chi connectivity index (χ3n) is 5.43. The van der Waals surface area contributed by atoms with Gasteiger partial charge >= 0.3 is 0 Å². The Morgan fingerprint density at radius 3 is 2.74 bits per heavy atom. The Morgan fingerprint density at radius 2 is 2.04 bits per heavy atom. The van der Waals surface area contributed by atoms with Gasteiger partial charge in [-0.25, -0.2) is 8.42 Å². The molecule has 1 atom stereocenters. The predicted octanol–water partition coefficient (Wildman–Crippen LogP) is 2.67. The SMILES string of the molecule is COc1cccc(C2(CN[C@H]3CCCS(=O)(=O)C3)CCCC2)c1. The number of benzene rings is 1. The van der Waals surface area contributed by atoms with Gasteiger partial charge in [-0.1, -0.05) is 25.0 Å². The van der Waals surface area contributed by atoms with E-state index in [1.54, 1.807) is 7.11 Å². The monoisotopic (exact) mass is 337 g/mol. The zero-order valence-corrected chi connectivity index (χ0v) is 14.7. The Kier molecular flexibility index (Phi) is 4.97. The van der Waals surface area contributed by atoms with Gasteiger partial charge in [0.05, 0.1) is 18.6 Å². The molecule has 1 aromatic rings. The second-order valence-corrected chi connectivity index (χ2v) is 9.28. The van der Waals surface area contributed by atoms with E-state index in [2.05, 4.69) is 23.5 Å². The molecule has 0 bridgehead atoms. The summed E-state index contributed by atoms with van der Waals surface area (Å²) < 4.78 is 29.0. The molecule has 0 spiro atoms. The van der Waals surface area contributed by atoms with Crippen LogP contribution in [0.3, 0.4) is 0 Å². The van der Waals surface area contributed by atoms with Crippen molar-refractivity contribution in [2.24, 2.45) is 0 Å². The van der Waals surface area contributed by atoms with Crippen molar-refractivity contribution in [3.8, 4) is 5.75 Å². The van der Waals surface area contributed by atoms with Crippen LogP contribution in [0.15, 0.2) is 24.3 Å². The fraction of sp³-hybridized carbons (Fsp3) is 0.667. The topological polar surface area (TPSA) is 55.4 Å². The van der Waals surface area contributed by atoms with Crippen LogP contribution < -0.4 is 10.1 Å². The third kappa shape index (κ3) is 3.89. The lowest BCUT2D eigenvalue weighted by Gasteiger charge is -2.33. The quantitative estimate of drug-likeness (QED) is 0.897. The predicted molar refractivity (Wildman–Crippen MR) is 92.8 cm³/mol. The van der Waals surface area contributed by atoms with E-state index in [-0.39, 0.29) is 11.5 Å². The van der Waals surface area contributed by atoms with Crippen LogP contribution in [-0.2, 0) is 15.3 Å². The summed E-state index contributed by atoms with van der Waals surface area (Å²) in [6, 6.07) is 8.47. The molecule has 23 heavy (non-hydrogen) atoms. The fourth-order valence-corrected chi connectivity index (χ4v) is 5.77. The number of methoxy groups -OCH3 is 1. The largest absolute Gasteiger partial charge is 0.497 e. The summed E-state index contributed by atoms with van der Waals surface area (Å²) in [6.45, 7) is 0.861. The molecule has 2 aliphatic rings. The lowest BCUT2D eigenvalue weighted by atomic mass is 9.78. The smallest absolute Gasteiger partial charge is 0.151 e. The van der Waals surface area contributed by atoms with Crippen LogP contribution in [0.25, 0.3) is 0 Å². The van der Waals surface area contributed by atoms with Crippen molar-refractivity contribution >= 4 is 9.84 Å². The molecule has 0 amide bonds. The normalized spacial score (nSPS) is 26.0. The standard InChI is InChI=1S/C18H27NO3S/c1-22-17-8-4-6-15(12-17)18(9-2-3-10-18)14-19-16-7-5-11-23(20,21)13-16/h4,6,8,12,16,19H,2-3,5,7,9-11,13-14H2,1H3/t16-/m0/s1. The van der Waals surface area contributed by atoms with E-state index in [9.17, 15) is 8.42 Å². The molecule has 1 heterocycles. The van der Waals surface area contributed by atoms with Gasteiger partial charge < -0.3 is 10.1 Å². The van der Waals surface area contributed by atoms with Gasteiger partial charge in [0.15, 0.2) is 9.84 Å². The molecule has 1 saturated heterocycles. The molecule has 1 saturated carbocycles. The molecule has 1 aliphatic heterocycles. The average molecular weight is 337 g/mol. The van der Waals surface area contributed by atoms with Crippen molar-refractivity contribution in [1.82, 2.24) is 5.32 Å². The van der Waals surface area contributed by atoms with E-state index in [0.717, 1.165) is 38.0 Å². The van der Waals surface area contributed by atoms with Crippen molar-refractivity contribution in [3.63, 3.8) is 0 Å². The van der Waals surface area contributed by atoms with E-state index in [4.69, 9.17) is 4.74 Å². The van der Waals surface area contributed by atoms with Crippen LogP contribution in [0.5, 0.6) is 5.75 Å². The lowest BCUT2D eigenvalue weighted by molar-refractivity contribution is 0.364. The molecular weight excluding hydrogens is 310 g/mol. The van der Waals surface area contributed by atoms with Crippen molar-refractivity contribution in [1.29, 1.82) is 0 Å². The Bertz CT molecular complexity index is 635. The molecule has 1 aromatic carbocycles. The van der Waals surface area contributed by atoms with Gasteiger partial charge in [0.2, 0.25) is 0 Å². The molecule has 4 nitrogen and oxygen atoms in total. The van der Waals surface area contributed by atoms with Crippen molar-refractivity contribution in [3.05, 3.63) is 29.8 Å². The number of rotatable bonds is 5. The minimum atomic E-state index is -2.86. The first-order valence-electron chi connectivity index (χ1n) is 8.61. The first kappa shape index (κ1) is 16.8. The van der Waals surface area contributed by atoms with Gasteiger partial charge in [-0.3, -0.25) is 0 Å². The first-order valence-corrected chi connectivity index (χ1v) is 10.4. The maximum atomic E-state index is 11.8. The summed E-state index contributed by atoms with van der Waals surface area (Å²) in [7, 11) is -1.16. The molecule has 0 aromatic heterocycles. The van der Waals surface area contributed by atoms with E-state index in [1.165, 1.54) is 18.4 Å². The first-order chi connectivity index (χ1) is 11.0. The van der Waals surface area contributed by atoms with Gasteiger partial charge in [-0.05, 0) is 43.4 Å². The molecule has 2 fully saturated rings. The van der Waals surface area contributed by atoms with Crippen LogP contribution in [0, 0.1) is 0 Å². The van der Waals surface area contributed by atoms with Crippen molar-refractivity contribution in [2.75, 3.05) is 25.2 Å². The Labute approximate surface area is 139 Å². The highest BCUT2D eigenvalue weighted by Gasteiger charge is 2.37. The summed E-state index contributed by atoms with van der Waals surface area (Å²) in [5.41, 5.74) is 1.44. The molecule has 3 rings (SSSR count). The Balaban J connectivity index is 1.73. The van der Waals surface area contributed by atoms with Gasteiger partial charge in [0.1, 0.15) is 5.75 Å². The highest BCUT2D eigenvalue weighted by atomic mass is 32.2. The minimum Gasteiger partial charge on any atom is -0.497 e. The summed E-state index contributed by atoms with van der Waals surface area (Å²) >= 11 is 0. The molecular formula is C18H27NO3S. The van der Waals surface area contributed by atoms with Gasteiger partial charge in [0, 0.05) is 18.0 Å². The second-order valence-electron chi connectivity index (χ2n) is 7.05. The highest BCUT2D eigenvalue weighted by molar-refractivity contribution is 7.91. The molecule has 0 radical (unpaired) electrons. The Morgan fingerprint density at radius 1 is 1.26 bits per heavy atom. The number of hydrogen-bond donors (Lipinski definition) is 1. The third-order valence-corrected chi connectivity index (χ3v) is 7.26. The summed E-state index contributed by atoms with van der Waals surface area (Å²) in [4.78, 5) is 0. The van der Waals surface area contributed by atoms with Crippen LogP contribution in [0.2, 0.25) is 0 Å². The van der Waals surface area contributed by atoms with E-state index in [0.29, 0.717) is 11.5 Å². The van der Waals surface area contributed by atoms with Crippen molar-refractivity contribution in [2.45, 2.75) is 50.0 Å². The van der Waals surface area contributed by atoms with E-state index in [1.807, 2.05) is 6.07 Å². The number of nitrogens with one attached hydrogen (secondary N) is 1. The van der Waals surface area contributed by atoms with Crippen LogP contribution in [-0.4, -0.2) is 39.6 Å². The molecule has 1 N–H and O–H groups in total. The van der Waals surface area contributed by atoms with E-state index >= 15 is 0 Å². The average Bonchev–Trinajstić information content (AvgIpc) is 3.02. The maximum absolute atomic E-state index is 11.8.